The van der Waals surface area contributed by atoms with E-state index in [0.717, 1.165) is 5.56 Å². The Balaban J connectivity index is 1.27. The minimum absolute atomic E-state index is 0.0340. The molecule has 2 heterocycles. The van der Waals surface area contributed by atoms with E-state index < -0.39 is 47.4 Å². The summed E-state index contributed by atoms with van der Waals surface area (Å²) in [5.41, 5.74) is -1.29. The van der Waals surface area contributed by atoms with Crippen LogP contribution in [0.25, 0.3) is 0 Å². The van der Waals surface area contributed by atoms with Crippen LogP contribution in [-0.2, 0) is 28.4 Å². The number of rotatable bonds is 7. The second kappa shape index (κ2) is 11.5. The van der Waals surface area contributed by atoms with Gasteiger partial charge in [-0.2, -0.15) is 26.3 Å². The first-order chi connectivity index (χ1) is 20.8. The van der Waals surface area contributed by atoms with Crippen molar-refractivity contribution in [2.24, 2.45) is 11.8 Å². The van der Waals surface area contributed by atoms with Crippen molar-refractivity contribution in [3.05, 3.63) is 106 Å². The van der Waals surface area contributed by atoms with Gasteiger partial charge in [-0.15, -0.1) is 0 Å². The molecule has 2 saturated heterocycles. The van der Waals surface area contributed by atoms with Gasteiger partial charge in [0.2, 0.25) is 5.91 Å². The Morgan fingerprint density at radius 1 is 0.909 bits per heavy atom. The summed E-state index contributed by atoms with van der Waals surface area (Å²) in [5, 5.41) is 3.55. The van der Waals surface area contributed by atoms with Gasteiger partial charge in [-0.25, -0.2) is 4.39 Å². The highest BCUT2D eigenvalue weighted by molar-refractivity contribution is 5.83. The van der Waals surface area contributed by atoms with Crippen LogP contribution in [0.5, 0.6) is 0 Å². The molecule has 0 aromatic heterocycles. The molecule has 234 valence electrons. The summed E-state index contributed by atoms with van der Waals surface area (Å²) in [6, 6.07) is 16.9. The van der Waals surface area contributed by atoms with Crippen molar-refractivity contribution in [2.75, 3.05) is 6.54 Å². The summed E-state index contributed by atoms with van der Waals surface area (Å²) in [4.78, 5) is 15.4. The van der Waals surface area contributed by atoms with Crippen molar-refractivity contribution in [1.29, 1.82) is 0 Å². The molecule has 44 heavy (non-hydrogen) atoms. The lowest BCUT2D eigenvalue weighted by molar-refractivity contribution is -0.143. The Morgan fingerprint density at radius 2 is 1.55 bits per heavy atom. The second-order valence-corrected chi connectivity index (χ2v) is 12.0. The van der Waals surface area contributed by atoms with Crippen LogP contribution < -0.4 is 5.32 Å². The predicted octanol–water partition coefficient (Wildman–Crippen LogP) is 7.50. The van der Waals surface area contributed by atoms with E-state index in [0.29, 0.717) is 37.1 Å². The fourth-order valence-electron chi connectivity index (χ4n) is 7.33. The first-order valence-corrected chi connectivity index (χ1v) is 14.6. The van der Waals surface area contributed by atoms with Gasteiger partial charge in [-0.05, 0) is 72.7 Å². The Kier molecular flexibility index (Phi) is 7.98. The predicted molar refractivity (Wildman–Crippen MR) is 148 cm³/mol. The fraction of sp³-hybridized carbons (Fsp3) is 0.424. The molecule has 7 atom stereocenters. The van der Waals surface area contributed by atoms with Crippen molar-refractivity contribution in [3.63, 3.8) is 0 Å². The highest BCUT2D eigenvalue weighted by atomic mass is 19.4. The van der Waals surface area contributed by atoms with Crippen molar-refractivity contribution in [3.8, 4) is 0 Å². The maximum absolute atomic E-state index is 13.9. The van der Waals surface area contributed by atoms with E-state index in [1.807, 2.05) is 30.3 Å². The van der Waals surface area contributed by atoms with Crippen LogP contribution in [0.4, 0.5) is 30.7 Å². The summed E-state index contributed by atoms with van der Waals surface area (Å²) >= 11 is 0. The van der Waals surface area contributed by atoms with E-state index in [1.54, 1.807) is 17.0 Å². The van der Waals surface area contributed by atoms with Crippen LogP contribution in [0.1, 0.15) is 59.6 Å². The van der Waals surface area contributed by atoms with Crippen LogP contribution in [0, 0.1) is 17.7 Å². The molecule has 0 spiro atoms. The maximum Gasteiger partial charge on any atom is 0.416 e. The average molecular weight is 621 g/mol. The number of carbonyl (C=O) groups is 1. The van der Waals surface area contributed by atoms with Crippen molar-refractivity contribution in [2.45, 2.75) is 68.9 Å². The molecular formula is C33H31F7N2O2. The molecule has 11 heteroatoms. The number of carbonyl (C=O) groups excluding carboxylic acids is 1. The Morgan fingerprint density at radius 3 is 2.16 bits per heavy atom. The van der Waals surface area contributed by atoms with Gasteiger partial charge in [0.15, 0.2) is 0 Å². The molecule has 0 radical (unpaired) electrons. The highest BCUT2D eigenvalue weighted by Crippen LogP contribution is 2.53. The van der Waals surface area contributed by atoms with Gasteiger partial charge in [0.25, 0.3) is 0 Å². The van der Waals surface area contributed by atoms with Gasteiger partial charge in [0.05, 0.1) is 23.3 Å². The van der Waals surface area contributed by atoms with Crippen molar-refractivity contribution < 1.29 is 40.3 Å². The third-order valence-electron chi connectivity index (χ3n) is 9.31. The zero-order valence-electron chi connectivity index (χ0n) is 23.7. The summed E-state index contributed by atoms with van der Waals surface area (Å²) in [6.07, 6.45) is -10.5. The number of hydrogen-bond donors (Lipinski definition) is 1. The lowest BCUT2D eigenvalue weighted by Crippen LogP contribution is -2.35. The molecule has 1 N–H and O–H groups in total. The normalized spacial score (nSPS) is 27.5. The molecule has 1 amide bonds. The fourth-order valence-corrected chi connectivity index (χ4v) is 7.33. The number of fused-ring (bicyclic) bond motifs is 3. The zero-order valence-corrected chi connectivity index (χ0v) is 23.7. The Labute approximate surface area is 250 Å². The van der Waals surface area contributed by atoms with Crippen LogP contribution in [-0.4, -0.2) is 35.5 Å². The van der Waals surface area contributed by atoms with Gasteiger partial charge < -0.3 is 15.0 Å². The molecule has 3 aromatic rings. The number of nitrogens with one attached hydrogen (secondary N) is 1. The SMILES string of the molecule is C[C@@H](O[C@H]1CN2C(=O)[C@@H]3C[C@@H](NCc4ccccc4)C[C@@H]3[C@H]2[C@@H]1c1ccc(F)cc1)c1cc(C(F)(F)F)cc(C(F)(F)F)c1. The minimum Gasteiger partial charge on any atom is -0.368 e. The van der Waals surface area contributed by atoms with E-state index in [2.05, 4.69) is 5.32 Å². The van der Waals surface area contributed by atoms with Crippen LogP contribution in [0.15, 0.2) is 72.8 Å². The number of nitrogens with zero attached hydrogens (tertiary/aromatic N) is 1. The maximum atomic E-state index is 13.9. The summed E-state index contributed by atoms with van der Waals surface area (Å²) in [7, 11) is 0. The standard InChI is InChI=1S/C33H31F7N2O2/c1-18(21-11-22(32(35,36)37)13-23(12-21)33(38,39)40)44-28-17-42-30(29(28)20-7-9-24(34)10-8-20)26-14-25(15-27(26)31(42)43)41-16-19-5-3-2-4-6-19/h2-13,18,25-30,41H,14-17H2,1H3/t18-,25+,26+,27-,28+,29-,30+/m1/s1. The molecule has 1 saturated carbocycles. The van der Waals surface area contributed by atoms with Crippen LogP contribution >= 0.6 is 0 Å². The minimum atomic E-state index is -4.99. The largest absolute Gasteiger partial charge is 0.416 e. The lowest BCUT2D eigenvalue weighted by atomic mass is 9.81. The number of benzene rings is 3. The quantitative estimate of drug-likeness (QED) is 0.278. The number of hydrogen-bond acceptors (Lipinski definition) is 3. The Bertz CT molecular complexity index is 1460. The molecule has 3 aliphatic rings. The Hall–Kier alpha value is -3.44. The first-order valence-electron chi connectivity index (χ1n) is 14.6. The van der Waals surface area contributed by atoms with E-state index in [9.17, 15) is 35.5 Å². The van der Waals surface area contributed by atoms with Gasteiger partial charge in [0.1, 0.15) is 5.82 Å². The smallest absolute Gasteiger partial charge is 0.368 e. The van der Waals surface area contributed by atoms with Gasteiger partial charge in [-0.1, -0.05) is 42.5 Å². The molecule has 3 fully saturated rings. The summed E-state index contributed by atoms with van der Waals surface area (Å²) < 4.78 is 101. The average Bonchev–Trinajstić information content (AvgIpc) is 3.63. The molecule has 2 aliphatic heterocycles. The molecule has 0 bridgehead atoms. The third-order valence-corrected chi connectivity index (χ3v) is 9.31. The van der Waals surface area contributed by atoms with E-state index in [1.165, 1.54) is 19.1 Å². The van der Waals surface area contributed by atoms with Gasteiger partial charge in [-0.3, -0.25) is 4.79 Å². The van der Waals surface area contributed by atoms with Gasteiger partial charge >= 0.3 is 12.4 Å². The molecule has 0 unspecified atom stereocenters. The molecule has 4 nitrogen and oxygen atoms in total. The van der Waals surface area contributed by atoms with E-state index >= 15 is 0 Å². The van der Waals surface area contributed by atoms with E-state index in [4.69, 9.17) is 4.74 Å². The zero-order chi connectivity index (χ0) is 31.4. The van der Waals surface area contributed by atoms with Crippen molar-refractivity contribution in [1.82, 2.24) is 10.2 Å². The first kappa shape index (κ1) is 30.6. The summed E-state index contributed by atoms with van der Waals surface area (Å²) in [5.74, 6) is -1.19. The lowest BCUT2D eigenvalue weighted by Gasteiger charge is -2.30. The second-order valence-electron chi connectivity index (χ2n) is 12.0. The molecule has 1 aliphatic carbocycles. The molecule has 6 rings (SSSR count). The number of halogens is 7. The number of alkyl halides is 6. The molecule has 3 aromatic carbocycles. The summed E-state index contributed by atoms with van der Waals surface area (Å²) in [6.45, 7) is 2.19. The monoisotopic (exact) mass is 620 g/mol. The third kappa shape index (κ3) is 5.96. The number of ether oxygens (including phenoxy) is 1. The topological polar surface area (TPSA) is 41.6 Å². The van der Waals surface area contributed by atoms with Crippen LogP contribution in [0.3, 0.4) is 0 Å². The highest BCUT2D eigenvalue weighted by Gasteiger charge is 2.60. The van der Waals surface area contributed by atoms with Gasteiger partial charge in [0, 0.05) is 37.0 Å². The number of amides is 1. The van der Waals surface area contributed by atoms with E-state index in [-0.39, 0.29) is 48.0 Å². The van der Waals surface area contributed by atoms with Crippen LogP contribution in [0.2, 0.25) is 0 Å². The molecular weight excluding hydrogens is 589 g/mol. The van der Waals surface area contributed by atoms with Crippen molar-refractivity contribution >= 4 is 5.91 Å².